The Morgan fingerprint density at radius 1 is 1.12 bits per heavy atom. The number of hydrogen-bond donors (Lipinski definition) is 2. The third-order valence-corrected chi connectivity index (χ3v) is 4.56. The normalized spacial score (nSPS) is 18.7. The first-order chi connectivity index (χ1) is 11.8. The molecule has 2 N–H and O–H groups in total. The van der Waals surface area contributed by atoms with Crippen LogP contribution in [-0.4, -0.2) is 63.8 Å². The van der Waals surface area contributed by atoms with Crippen LogP contribution in [-0.2, 0) is 4.74 Å². The van der Waals surface area contributed by atoms with E-state index < -0.39 is 0 Å². The standard InChI is InChI=1S/C19H40N4O.HI/c1-4-5-15-24-16-9-12-22-19(20-3)21-11-6-7-13-23-14-8-10-18(2)17-23;/h18H,4-17H2,1-3H3,(H2,20,21,22);1H. The van der Waals surface area contributed by atoms with Crippen LogP contribution in [0.25, 0.3) is 0 Å². The second-order valence-electron chi connectivity index (χ2n) is 7.00. The van der Waals surface area contributed by atoms with Gasteiger partial charge in [0.1, 0.15) is 0 Å². The summed E-state index contributed by atoms with van der Waals surface area (Å²) in [7, 11) is 1.84. The van der Waals surface area contributed by atoms with Gasteiger partial charge < -0.3 is 20.3 Å². The molecule has 25 heavy (non-hydrogen) atoms. The third-order valence-electron chi connectivity index (χ3n) is 4.56. The molecule has 1 unspecified atom stereocenters. The van der Waals surface area contributed by atoms with Crippen molar-refractivity contribution in [3.05, 3.63) is 0 Å². The number of ether oxygens (including phenoxy) is 1. The SMILES string of the molecule is CCCCOCCCNC(=NC)NCCCCN1CCCC(C)C1.I. The molecule has 5 nitrogen and oxygen atoms in total. The molecule has 1 fully saturated rings. The van der Waals surface area contributed by atoms with Crippen molar-refractivity contribution in [1.82, 2.24) is 15.5 Å². The molecule has 1 aliphatic rings. The van der Waals surface area contributed by atoms with Crippen LogP contribution >= 0.6 is 24.0 Å². The first-order valence-corrected chi connectivity index (χ1v) is 10.0. The first-order valence-electron chi connectivity index (χ1n) is 10.0. The van der Waals surface area contributed by atoms with E-state index in [4.69, 9.17) is 4.74 Å². The van der Waals surface area contributed by atoms with Gasteiger partial charge in [0.25, 0.3) is 0 Å². The average Bonchev–Trinajstić information content (AvgIpc) is 2.59. The van der Waals surface area contributed by atoms with E-state index in [-0.39, 0.29) is 24.0 Å². The highest BCUT2D eigenvalue weighted by molar-refractivity contribution is 14.0. The van der Waals surface area contributed by atoms with Crippen LogP contribution in [0.15, 0.2) is 4.99 Å². The Bertz CT molecular complexity index is 329. The Hall–Kier alpha value is -0.0800. The van der Waals surface area contributed by atoms with Gasteiger partial charge in [-0.1, -0.05) is 20.3 Å². The van der Waals surface area contributed by atoms with Crippen molar-refractivity contribution in [3.8, 4) is 0 Å². The minimum atomic E-state index is 0. The number of piperidine rings is 1. The van der Waals surface area contributed by atoms with Crippen molar-refractivity contribution in [2.24, 2.45) is 10.9 Å². The summed E-state index contributed by atoms with van der Waals surface area (Å²) in [6, 6.07) is 0. The lowest BCUT2D eigenvalue weighted by molar-refractivity contribution is 0.129. The van der Waals surface area contributed by atoms with Gasteiger partial charge in [-0.25, -0.2) is 0 Å². The Morgan fingerprint density at radius 2 is 1.84 bits per heavy atom. The van der Waals surface area contributed by atoms with E-state index in [1.807, 2.05) is 7.05 Å². The van der Waals surface area contributed by atoms with Gasteiger partial charge in [-0.3, -0.25) is 4.99 Å². The summed E-state index contributed by atoms with van der Waals surface area (Å²) < 4.78 is 5.56. The lowest BCUT2D eigenvalue weighted by Gasteiger charge is -2.30. The van der Waals surface area contributed by atoms with E-state index in [0.717, 1.165) is 51.0 Å². The van der Waals surface area contributed by atoms with Crippen molar-refractivity contribution in [2.45, 2.75) is 58.8 Å². The molecule has 0 aromatic carbocycles. The van der Waals surface area contributed by atoms with Crippen molar-refractivity contribution < 1.29 is 4.74 Å². The fourth-order valence-corrected chi connectivity index (χ4v) is 3.11. The predicted octanol–water partition coefficient (Wildman–Crippen LogP) is 3.49. The average molecular weight is 468 g/mol. The number of guanidine groups is 1. The lowest BCUT2D eigenvalue weighted by Crippen LogP contribution is -2.39. The fourth-order valence-electron chi connectivity index (χ4n) is 3.11. The van der Waals surface area contributed by atoms with E-state index >= 15 is 0 Å². The number of nitrogens with zero attached hydrogens (tertiary/aromatic N) is 2. The number of hydrogen-bond acceptors (Lipinski definition) is 3. The largest absolute Gasteiger partial charge is 0.381 e. The van der Waals surface area contributed by atoms with Crippen molar-refractivity contribution >= 4 is 29.9 Å². The molecule has 1 saturated heterocycles. The molecule has 1 rings (SSSR count). The molecular weight excluding hydrogens is 427 g/mol. The molecule has 6 heteroatoms. The van der Waals surface area contributed by atoms with Gasteiger partial charge >= 0.3 is 0 Å². The van der Waals surface area contributed by atoms with Crippen molar-refractivity contribution in [2.75, 3.05) is 53.0 Å². The first kappa shape index (κ1) is 24.9. The number of rotatable bonds is 12. The number of halogens is 1. The van der Waals surface area contributed by atoms with Gasteiger partial charge in [-0.05, 0) is 57.5 Å². The van der Waals surface area contributed by atoms with Crippen LogP contribution in [0.4, 0.5) is 0 Å². The van der Waals surface area contributed by atoms with Crippen LogP contribution in [0.2, 0.25) is 0 Å². The maximum atomic E-state index is 5.56. The second-order valence-corrected chi connectivity index (χ2v) is 7.00. The zero-order chi connectivity index (χ0) is 17.5. The van der Waals surface area contributed by atoms with Crippen LogP contribution in [0.3, 0.4) is 0 Å². The molecule has 1 aliphatic heterocycles. The van der Waals surface area contributed by atoms with E-state index in [0.29, 0.717) is 0 Å². The summed E-state index contributed by atoms with van der Waals surface area (Å²) in [6.45, 7) is 12.0. The molecule has 0 aliphatic carbocycles. The van der Waals surface area contributed by atoms with Crippen LogP contribution in [0.5, 0.6) is 0 Å². The Kier molecular flexibility index (Phi) is 17.3. The molecule has 0 aromatic rings. The predicted molar refractivity (Wildman–Crippen MR) is 119 cm³/mol. The summed E-state index contributed by atoms with van der Waals surface area (Å²) >= 11 is 0. The highest BCUT2D eigenvalue weighted by Crippen LogP contribution is 2.15. The smallest absolute Gasteiger partial charge is 0.190 e. The summed E-state index contributed by atoms with van der Waals surface area (Å²) in [5.41, 5.74) is 0. The number of likely N-dealkylation sites (tertiary alicyclic amines) is 1. The van der Waals surface area contributed by atoms with Gasteiger partial charge in [-0.2, -0.15) is 0 Å². The monoisotopic (exact) mass is 468 g/mol. The molecule has 0 radical (unpaired) electrons. The number of aliphatic imine (C=N–C) groups is 1. The van der Waals surface area contributed by atoms with Gasteiger partial charge in [-0.15, -0.1) is 24.0 Å². The van der Waals surface area contributed by atoms with Gasteiger partial charge in [0, 0.05) is 39.9 Å². The molecule has 150 valence electrons. The van der Waals surface area contributed by atoms with Crippen LogP contribution in [0.1, 0.15) is 58.8 Å². The van der Waals surface area contributed by atoms with Gasteiger partial charge in [0.05, 0.1) is 0 Å². The topological polar surface area (TPSA) is 48.9 Å². The summed E-state index contributed by atoms with van der Waals surface area (Å²) in [5.74, 6) is 1.79. The van der Waals surface area contributed by atoms with Crippen LogP contribution < -0.4 is 10.6 Å². The fraction of sp³-hybridized carbons (Fsp3) is 0.947. The van der Waals surface area contributed by atoms with Crippen molar-refractivity contribution in [3.63, 3.8) is 0 Å². The van der Waals surface area contributed by atoms with E-state index in [1.54, 1.807) is 0 Å². The second kappa shape index (κ2) is 17.3. The minimum absolute atomic E-state index is 0. The lowest BCUT2D eigenvalue weighted by atomic mass is 10.0. The van der Waals surface area contributed by atoms with E-state index in [1.165, 1.54) is 51.7 Å². The minimum Gasteiger partial charge on any atom is -0.381 e. The van der Waals surface area contributed by atoms with Crippen molar-refractivity contribution in [1.29, 1.82) is 0 Å². The maximum absolute atomic E-state index is 5.56. The molecular formula is C19H41IN4O. The molecule has 0 bridgehead atoms. The summed E-state index contributed by atoms with van der Waals surface area (Å²) in [5, 5.41) is 6.76. The number of nitrogens with one attached hydrogen (secondary N) is 2. The third kappa shape index (κ3) is 13.7. The Balaban J connectivity index is 0.00000576. The highest BCUT2D eigenvalue weighted by atomic mass is 127. The van der Waals surface area contributed by atoms with E-state index in [9.17, 15) is 0 Å². The zero-order valence-corrected chi connectivity index (χ0v) is 19.0. The quantitative estimate of drug-likeness (QED) is 0.199. The molecule has 1 atom stereocenters. The zero-order valence-electron chi connectivity index (χ0n) is 16.7. The molecule has 0 spiro atoms. The highest BCUT2D eigenvalue weighted by Gasteiger charge is 2.15. The summed E-state index contributed by atoms with van der Waals surface area (Å²) in [6.07, 6.45) is 8.63. The number of unbranched alkanes of at least 4 members (excludes halogenated alkanes) is 2. The van der Waals surface area contributed by atoms with E-state index in [2.05, 4.69) is 34.4 Å². The Morgan fingerprint density at radius 3 is 2.52 bits per heavy atom. The molecule has 1 heterocycles. The molecule has 0 saturated carbocycles. The maximum Gasteiger partial charge on any atom is 0.190 e. The molecule has 0 aromatic heterocycles. The van der Waals surface area contributed by atoms with Gasteiger partial charge in [0.15, 0.2) is 5.96 Å². The molecule has 0 amide bonds. The van der Waals surface area contributed by atoms with Crippen LogP contribution in [0, 0.1) is 5.92 Å². The Labute approximate surface area is 172 Å². The van der Waals surface area contributed by atoms with Gasteiger partial charge in [0.2, 0.25) is 0 Å². The summed E-state index contributed by atoms with van der Waals surface area (Å²) in [4.78, 5) is 6.90.